The number of aromatic nitrogens is 4. The van der Waals surface area contributed by atoms with Crippen LogP contribution in [0.5, 0.6) is 0 Å². The molecule has 0 saturated heterocycles. The summed E-state index contributed by atoms with van der Waals surface area (Å²) >= 11 is 9.05. The molecule has 0 amide bonds. The fourth-order valence-electron chi connectivity index (χ4n) is 2.23. The van der Waals surface area contributed by atoms with E-state index < -0.39 is 0 Å². The Hall–Kier alpha value is -1.96. The average molecular weight is 361 g/mol. The van der Waals surface area contributed by atoms with E-state index in [9.17, 15) is 4.79 Å². The first-order chi connectivity index (χ1) is 11.2. The monoisotopic (exact) mass is 360 g/mol. The normalized spacial score (nSPS) is 11.3. The summed E-state index contributed by atoms with van der Waals surface area (Å²) in [6.07, 6.45) is 1.55. The van der Waals surface area contributed by atoms with Gasteiger partial charge >= 0.3 is 0 Å². The fourth-order valence-corrected chi connectivity index (χ4v) is 4.22. The molecule has 0 saturated carbocycles. The highest BCUT2D eigenvalue weighted by atomic mass is 35.5. The zero-order valence-electron chi connectivity index (χ0n) is 11.6. The summed E-state index contributed by atoms with van der Waals surface area (Å²) in [5, 5.41) is 3.90. The number of thioether (sulfide) groups is 1. The van der Waals surface area contributed by atoms with Gasteiger partial charge in [0.05, 0.1) is 26.9 Å². The van der Waals surface area contributed by atoms with Crippen LogP contribution in [0.2, 0.25) is 5.02 Å². The van der Waals surface area contributed by atoms with Crippen LogP contribution in [0.15, 0.2) is 45.8 Å². The molecule has 0 aliphatic rings. The number of halogens is 1. The molecule has 0 radical (unpaired) electrons. The lowest BCUT2D eigenvalue weighted by molar-refractivity contribution is 1.03. The predicted molar refractivity (Wildman–Crippen MR) is 94.3 cm³/mol. The molecule has 0 fully saturated rings. The van der Waals surface area contributed by atoms with Gasteiger partial charge in [-0.3, -0.25) is 4.79 Å². The van der Waals surface area contributed by atoms with Gasteiger partial charge in [0.2, 0.25) is 0 Å². The molecule has 1 aromatic carbocycles. The number of thiophene rings is 1. The number of hydrogen-bond acceptors (Lipinski definition) is 6. The number of nitrogens with one attached hydrogen (secondary N) is 1. The zero-order valence-corrected chi connectivity index (χ0v) is 14.0. The van der Waals surface area contributed by atoms with Crippen molar-refractivity contribution in [3.63, 3.8) is 0 Å². The summed E-state index contributed by atoms with van der Waals surface area (Å²) in [7, 11) is 0. The molecule has 114 valence electrons. The Bertz CT molecular complexity index is 1080. The molecule has 3 heterocycles. The van der Waals surface area contributed by atoms with Crippen molar-refractivity contribution < 1.29 is 0 Å². The second-order valence-electron chi connectivity index (χ2n) is 4.78. The minimum Gasteiger partial charge on any atom is -0.309 e. The highest BCUT2D eigenvalue weighted by molar-refractivity contribution is 7.98. The number of fused-ring (bicyclic) bond motifs is 2. The molecule has 3 aromatic heterocycles. The highest BCUT2D eigenvalue weighted by Crippen LogP contribution is 2.30. The number of H-pyrrole nitrogens is 1. The predicted octanol–water partition coefficient (Wildman–Crippen LogP) is 3.87. The van der Waals surface area contributed by atoms with E-state index >= 15 is 0 Å². The van der Waals surface area contributed by atoms with E-state index in [2.05, 4.69) is 19.9 Å². The molecule has 0 atom stereocenters. The van der Waals surface area contributed by atoms with Gasteiger partial charge < -0.3 is 4.98 Å². The van der Waals surface area contributed by atoms with Gasteiger partial charge in [-0.25, -0.2) is 15.0 Å². The Morgan fingerprint density at radius 2 is 2.13 bits per heavy atom. The van der Waals surface area contributed by atoms with E-state index in [1.165, 1.54) is 11.8 Å². The zero-order chi connectivity index (χ0) is 15.8. The Kier molecular flexibility index (Phi) is 3.76. The maximum absolute atomic E-state index is 12.1. The standard InChI is InChI=1S/C15H9ClN4OS2/c16-8-1-2-10-9(5-8)14(21)20-12(19-10)6-23-15-13-11(3-4-22-13)17-7-18-15/h1-5,7H,6H2,(H,19,20,21). The van der Waals surface area contributed by atoms with Gasteiger partial charge in [-0.15, -0.1) is 11.3 Å². The SMILES string of the molecule is O=c1[nH]c(CSc2ncnc3ccsc23)nc2ccc(Cl)cc12. The third-order valence-electron chi connectivity index (χ3n) is 3.27. The molecule has 4 rings (SSSR count). The highest BCUT2D eigenvalue weighted by Gasteiger charge is 2.09. The minimum atomic E-state index is -0.183. The van der Waals surface area contributed by atoms with E-state index in [4.69, 9.17) is 11.6 Å². The molecule has 0 unspecified atom stereocenters. The number of benzene rings is 1. The molecule has 0 aliphatic carbocycles. The van der Waals surface area contributed by atoms with E-state index in [0.717, 1.165) is 15.2 Å². The minimum absolute atomic E-state index is 0.183. The van der Waals surface area contributed by atoms with Gasteiger partial charge in [0.25, 0.3) is 5.56 Å². The molecule has 0 aliphatic heterocycles. The summed E-state index contributed by atoms with van der Waals surface area (Å²) in [5.74, 6) is 1.14. The molecule has 4 aromatic rings. The van der Waals surface area contributed by atoms with Crippen LogP contribution in [0.3, 0.4) is 0 Å². The van der Waals surface area contributed by atoms with Crippen molar-refractivity contribution in [2.24, 2.45) is 0 Å². The van der Waals surface area contributed by atoms with Crippen molar-refractivity contribution in [3.8, 4) is 0 Å². The van der Waals surface area contributed by atoms with E-state index in [1.807, 2.05) is 11.4 Å². The molecule has 23 heavy (non-hydrogen) atoms. The topological polar surface area (TPSA) is 71.5 Å². The van der Waals surface area contributed by atoms with Crippen molar-refractivity contribution in [2.45, 2.75) is 10.8 Å². The number of aromatic amines is 1. The van der Waals surface area contributed by atoms with Gasteiger partial charge in [0, 0.05) is 5.02 Å². The van der Waals surface area contributed by atoms with Crippen molar-refractivity contribution in [1.29, 1.82) is 0 Å². The Labute approximate surface area is 143 Å². The Morgan fingerprint density at radius 1 is 1.22 bits per heavy atom. The van der Waals surface area contributed by atoms with E-state index in [-0.39, 0.29) is 5.56 Å². The van der Waals surface area contributed by atoms with Crippen LogP contribution >= 0.6 is 34.7 Å². The van der Waals surface area contributed by atoms with Crippen molar-refractivity contribution in [3.05, 3.63) is 57.2 Å². The Balaban J connectivity index is 1.67. The van der Waals surface area contributed by atoms with Crippen LogP contribution in [-0.2, 0) is 5.75 Å². The lowest BCUT2D eigenvalue weighted by Gasteiger charge is -2.04. The van der Waals surface area contributed by atoms with E-state index in [0.29, 0.717) is 27.5 Å². The number of rotatable bonds is 3. The van der Waals surface area contributed by atoms with Gasteiger partial charge in [-0.1, -0.05) is 23.4 Å². The van der Waals surface area contributed by atoms with Crippen molar-refractivity contribution >= 4 is 55.8 Å². The van der Waals surface area contributed by atoms with Gasteiger partial charge in [0.15, 0.2) is 0 Å². The molecule has 5 nitrogen and oxygen atoms in total. The molecular formula is C15H9ClN4OS2. The van der Waals surface area contributed by atoms with Crippen LogP contribution in [0.1, 0.15) is 5.82 Å². The number of hydrogen-bond donors (Lipinski definition) is 1. The summed E-state index contributed by atoms with van der Waals surface area (Å²) in [4.78, 5) is 28.0. The molecule has 1 N–H and O–H groups in total. The maximum Gasteiger partial charge on any atom is 0.258 e. The smallest absolute Gasteiger partial charge is 0.258 e. The number of nitrogens with zero attached hydrogens (tertiary/aromatic N) is 3. The quantitative estimate of drug-likeness (QED) is 0.443. The van der Waals surface area contributed by atoms with Crippen LogP contribution < -0.4 is 5.56 Å². The van der Waals surface area contributed by atoms with Crippen LogP contribution in [0, 0.1) is 0 Å². The summed E-state index contributed by atoms with van der Waals surface area (Å²) in [6.45, 7) is 0. The average Bonchev–Trinajstić information content (AvgIpc) is 3.03. The molecule has 8 heteroatoms. The fraction of sp³-hybridized carbons (Fsp3) is 0.0667. The van der Waals surface area contributed by atoms with Crippen LogP contribution in [0.4, 0.5) is 0 Å². The van der Waals surface area contributed by atoms with Gasteiger partial charge in [-0.2, -0.15) is 0 Å². The first-order valence-electron chi connectivity index (χ1n) is 6.70. The van der Waals surface area contributed by atoms with Gasteiger partial charge in [-0.05, 0) is 29.6 Å². The first kappa shape index (κ1) is 14.6. The van der Waals surface area contributed by atoms with Crippen LogP contribution in [0.25, 0.3) is 21.1 Å². The maximum atomic E-state index is 12.1. The third-order valence-corrected chi connectivity index (χ3v) is 5.55. The third kappa shape index (κ3) is 2.83. The lowest BCUT2D eigenvalue weighted by atomic mass is 10.2. The van der Waals surface area contributed by atoms with Crippen molar-refractivity contribution in [2.75, 3.05) is 0 Å². The summed E-state index contributed by atoms with van der Waals surface area (Å²) < 4.78 is 1.05. The summed E-state index contributed by atoms with van der Waals surface area (Å²) in [5.41, 5.74) is 1.39. The first-order valence-corrected chi connectivity index (χ1v) is 8.94. The summed E-state index contributed by atoms with van der Waals surface area (Å²) in [6, 6.07) is 7.07. The van der Waals surface area contributed by atoms with E-state index in [1.54, 1.807) is 35.9 Å². The largest absolute Gasteiger partial charge is 0.309 e. The van der Waals surface area contributed by atoms with Crippen molar-refractivity contribution in [1.82, 2.24) is 19.9 Å². The molecular weight excluding hydrogens is 352 g/mol. The second-order valence-corrected chi connectivity index (χ2v) is 7.09. The molecule has 0 bridgehead atoms. The second kappa shape index (κ2) is 5.92. The molecule has 0 spiro atoms. The Morgan fingerprint density at radius 3 is 3.04 bits per heavy atom. The lowest BCUT2D eigenvalue weighted by Crippen LogP contribution is -2.11. The van der Waals surface area contributed by atoms with Crippen LogP contribution in [-0.4, -0.2) is 19.9 Å². The van der Waals surface area contributed by atoms with Gasteiger partial charge in [0.1, 0.15) is 17.2 Å².